The number of anilines is 1. The van der Waals surface area contributed by atoms with Gasteiger partial charge in [-0.3, -0.25) is 14.5 Å². The third kappa shape index (κ3) is 2.11. The molecular formula is C15H13FN2O2. The van der Waals surface area contributed by atoms with Gasteiger partial charge in [0, 0.05) is 29.3 Å². The van der Waals surface area contributed by atoms with Crippen molar-refractivity contribution in [3.8, 4) is 0 Å². The lowest BCUT2D eigenvalue weighted by atomic mass is 10.1. The van der Waals surface area contributed by atoms with Crippen molar-refractivity contribution in [2.24, 2.45) is 0 Å². The second-order valence-electron chi connectivity index (χ2n) is 4.69. The Bertz CT molecular complexity index is 683. The van der Waals surface area contributed by atoms with E-state index in [4.69, 9.17) is 0 Å². The molecule has 0 spiro atoms. The van der Waals surface area contributed by atoms with Gasteiger partial charge in [0.15, 0.2) is 0 Å². The number of carbonyl (C=O) groups excluding carboxylic acids is 2. The molecule has 3 rings (SSSR count). The Hall–Kier alpha value is -2.43. The summed E-state index contributed by atoms with van der Waals surface area (Å²) < 4.78 is 13.7. The van der Waals surface area contributed by atoms with E-state index < -0.39 is 0 Å². The molecule has 1 saturated heterocycles. The summed E-state index contributed by atoms with van der Waals surface area (Å²) in [7, 11) is 0. The van der Waals surface area contributed by atoms with Crippen LogP contribution in [0.2, 0.25) is 0 Å². The van der Waals surface area contributed by atoms with Crippen molar-refractivity contribution < 1.29 is 14.0 Å². The van der Waals surface area contributed by atoms with Gasteiger partial charge in [-0.2, -0.15) is 0 Å². The summed E-state index contributed by atoms with van der Waals surface area (Å²) in [6, 6.07) is 10.1. The highest BCUT2D eigenvalue weighted by molar-refractivity contribution is 6.02. The van der Waals surface area contributed by atoms with E-state index in [1.54, 1.807) is 24.3 Å². The quantitative estimate of drug-likeness (QED) is 0.873. The first-order chi connectivity index (χ1) is 9.66. The molecule has 102 valence electrons. The number of imide groups is 1. The maximum Gasteiger partial charge on any atom is 0.231 e. The fourth-order valence-corrected chi connectivity index (χ4v) is 2.38. The molecule has 4 nitrogen and oxygen atoms in total. The summed E-state index contributed by atoms with van der Waals surface area (Å²) in [4.78, 5) is 24.3. The number of fused-ring (bicyclic) bond motifs is 1. The van der Waals surface area contributed by atoms with E-state index in [1.807, 2.05) is 6.07 Å². The smallest absolute Gasteiger partial charge is 0.231 e. The van der Waals surface area contributed by atoms with Gasteiger partial charge in [-0.25, -0.2) is 4.39 Å². The topological polar surface area (TPSA) is 49.4 Å². The summed E-state index contributed by atoms with van der Waals surface area (Å²) in [5.41, 5.74) is 0.703. The minimum absolute atomic E-state index is 0.118. The molecule has 2 amide bonds. The summed E-state index contributed by atoms with van der Waals surface area (Å²) in [5.74, 6) is -0.637. The summed E-state index contributed by atoms with van der Waals surface area (Å²) in [6.45, 7) is 0.118. The molecular weight excluding hydrogens is 259 g/mol. The summed E-state index contributed by atoms with van der Waals surface area (Å²) in [6.07, 6.45) is 0.537. The molecule has 2 aromatic carbocycles. The van der Waals surface area contributed by atoms with Gasteiger partial charge in [-0.05, 0) is 12.1 Å². The lowest BCUT2D eigenvalue weighted by Crippen LogP contribution is -2.33. The molecule has 0 aliphatic carbocycles. The minimum Gasteiger partial charge on any atom is -0.367 e. The van der Waals surface area contributed by atoms with Gasteiger partial charge in [-0.15, -0.1) is 0 Å². The lowest BCUT2D eigenvalue weighted by molar-refractivity contribution is -0.137. The first kappa shape index (κ1) is 12.6. The van der Waals surface area contributed by atoms with E-state index in [9.17, 15) is 14.0 Å². The standard InChI is InChI=1S/C15H13FN2O2/c16-12-5-6-13(11-4-2-1-3-10(11)12)17-9-18-14(19)7-8-15(18)20/h1-6,17H,7-9H2. The largest absolute Gasteiger partial charge is 0.367 e. The molecule has 0 bridgehead atoms. The molecule has 0 atom stereocenters. The molecule has 5 heteroatoms. The van der Waals surface area contributed by atoms with Gasteiger partial charge in [0.05, 0.1) is 6.67 Å². The van der Waals surface area contributed by atoms with E-state index in [-0.39, 0.29) is 37.1 Å². The van der Waals surface area contributed by atoms with Crippen molar-refractivity contribution in [2.45, 2.75) is 12.8 Å². The Labute approximate surface area is 115 Å². The highest BCUT2D eigenvalue weighted by atomic mass is 19.1. The number of hydrogen-bond donors (Lipinski definition) is 1. The zero-order valence-electron chi connectivity index (χ0n) is 10.7. The molecule has 1 N–H and O–H groups in total. The van der Waals surface area contributed by atoms with Crippen LogP contribution in [-0.2, 0) is 9.59 Å². The van der Waals surface area contributed by atoms with Crippen LogP contribution < -0.4 is 5.32 Å². The number of amides is 2. The van der Waals surface area contributed by atoms with Crippen LogP contribution in [0.4, 0.5) is 10.1 Å². The number of likely N-dealkylation sites (tertiary alicyclic amines) is 1. The van der Waals surface area contributed by atoms with Crippen molar-refractivity contribution in [3.63, 3.8) is 0 Å². The van der Waals surface area contributed by atoms with Crippen LogP contribution in [0, 0.1) is 5.82 Å². The number of hydrogen-bond acceptors (Lipinski definition) is 3. The Balaban J connectivity index is 1.86. The number of nitrogens with one attached hydrogen (secondary N) is 1. The van der Waals surface area contributed by atoms with E-state index in [0.29, 0.717) is 11.1 Å². The van der Waals surface area contributed by atoms with Gasteiger partial charge in [0.1, 0.15) is 5.82 Å². The molecule has 20 heavy (non-hydrogen) atoms. The Kier molecular flexibility index (Phi) is 3.10. The van der Waals surface area contributed by atoms with Crippen molar-refractivity contribution in [1.29, 1.82) is 0 Å². The molecule has 0 saturated carbocycles. The molecule has 1 heterocycles. The number of nitrogens with zero attached hydrogens (tertiary/aromatic N) is 1. The Morgan fingerprint density at radius 3 is 2.35 bits per heavy atom. The molecule has 0 unspecified atom stereocenters. The fourth-order valence-electron chi connectivity index (χ4n) is 2.38. The number of rotatable bonds is 3. The van der Waals surface area contributed by atoms with Crippen molar-refractivity contribution in [3.05, 3.63) is 42.2 Å². The van der Waals surface area contributed by atoms with Crippen LogP contribution in [0.1, 0.15) is 12.8 Å². The maximum atomic E-state index is 13.7. The van der Waals surface area contributed by atoms with Crippen LogP contribution in [0.15, 0.2) is 36.4 Å². The lowest BCUT2D eigenvalue weighted by Gasteiger charge is -2.16. The van der Waals surface area contributed by atoms with E-state index >= 15 is 0 Å². The van der Waals surface area contributed by atoms with Gasteiger partial charge in [0.2, 0.25) is 11.8 Å². The van der Waals surface area contributed by atoms with Gasteiger partial charge in [-0.1, -0.05) is 24.3 Å². The average Bonchev–Trinajstić information content (AvgIpc) is 2.78. The Morgan fingerprint density at radius 2 is 1.65 bits per heavy atom. The monoisotopic (exact) mass is 272 g/mol. The molecule has 2 aromatic rings. The number of carbonyl (C=O) groups is 2. The highest BCUT2D eigenvalue weighted by Gasteiger charge is 2.28. The molecule has 1 aliphatic rings. The zero-order valence-corrected chi connectivity index (χ0v) is 10.7. The first-order valence-corrected chi connectivity index (χ1v) is 6.41. The van der Waals surface area contributed by atoms with E-state index in [2.05, 4.69) is 5.32 Å². The van der Waals surface area contributed by atoms with Crippen molar-refractivity contribution in [2.75, 3.05) is 12.0 Å². The first-order valence-electron chi connectivity index (χ1n) is 6.41. The van der Waals surface area contributed by atoms with E-state index in [0.717, 1.165) is 5.39 Å². The van der Waals surface area contributed by atoms with Crippen LogP contribution in [0.25, 0.3) is 10.8 Å². The zero-order chi connectivity index (χ0) is 14.1. The normalized spacial score (nSPS) is 15.2. The second kappa shape index (κ2) is 4.92. The fraction of sp³-hybridized carbons (Fsp3) is 0.200. The predicted molar refractivity (Wildman–Crippen MR) is 73.5 cm³/mol. The van der Waals surface area contributed by atoms with E-state index in [1.165, 1.54) is 11.0 Å². The van der Waals surface area contributed by atoms with Crippen LogP contribution in [0.5, 0.6) is 0 Å². The number of benzene rings is 2. The second-order valence-corrected chi connectivity index (χ2v) is 4.69. The highest BCUT2D eigenvalue weighted by Crippen LogP contribution is 2.26. The molecule has 0 aromatic heterocycles. The minimum atomic E-state index is -0.292. The SMILES string of the molecule is O=C1CCC(=O)N1CNc1ccc(F)c2ccccc12. The molecule has 1 fully saturated rings. The maximum absolute atomic E-state index is 13.7. The van der Waals surface area contributed by atoms with Gasteiger partial charge < -0.3 is 5.32 Å². The van der Waals surface area contributed by atoms with Crippen LogP contribution >= 0.6 is 0 Å². The summed E-state index contributed by atoms with van der Waals surface area (Å²) in [5, 5.41) is 4.27. The van der Waals surface area contributed by atoms with Gasteiger partial charge >= 0.3 is 0 Å². The Morgan fingerprint density at radius 1 is 1.00 bits per heavy atom. The van der Waals surface area contributed by atoms with Crippen LogP contribution in [-0.4, -0.2) is 23.4 Å². The van der Waals surface area contributed by atoms with Crippen molar-refractivity contribution >= 4 is 28.3 Å². The average molecular weight is 272 g/mol. The predicted octanol–water partition coefficient (Wildman–Crippen LogP) is 2.50. The molecule has 0 radical (unpaired) electrons. The molecule has 1 aliphatic heterocycles. The van der Waals surface area contributed by atoms with Gasteiger partial charge in [0.25, 0.3) is 0 Å². The number of halogens is 1. The third-order valence-electron chi connectivity index (χ3n) is 3.45. The summed E-state index contributed by atoms with van der Waals surface area (Å²) >= 11 is 0. The van der Waals surface area contributed by atoms with Crippen molar-refractivity contribution in [1.82, 2.24) is 4.90 Å². The third-order valence-corrected chi connectivity index (χ3v) is 3.45. The van der Waals surface area contributed by atoms with Crippen LogP contribution in [0.3, 0.4) is 0 Å².